The summed E-state index contributed by atoms with van der Waals surface area (Å²) in [5.41, 5.74) is 0. The minimum atomic E-state index is -0.421. The summed E-state index contributed by atoms with van der Waals surface area (Å²) < 4.78 is 11.4. The minimum absolute atomic E-state index is 0.141. The SMILES string of the molecule is CC(CF)C[C]=O. The summed E-state index contributed by atoms with van der Waals surface area (Å²) in [4.78, 5) is 9.48. The standard InChI is InChI=1S/C5H8FO/c1-5(4-6)2-3-7/h5H,2,4H2,1H3. The molecule has 1 unspecified atom stereocenters. The molecule has 1 nitrogen and oxygen atoms in total. The van der Waals surface area contributed by atoms with E-state index in [1.165, 1.54) is 0 Å². The number of hydrogen-bond acceptors (Lipinski definition) is 1. The summed E-state index contributed by atoms with van der Waals surface area (Å²) in [5, 5.41) is 0. The molecule has 0 spiro atoms. The zero-order valence-electron chi connectivity index (χ0n) is 4.28. The van der Waals surface area contributed by atoms with Gasteiger partial charge in [0.25, 0.3) is 0 Å². The average molecular weight is 103 g/mol. The fourth-order valence-corrected chi connectivity index (χ4v) is 0.197. The third kappa shape index (κ3) is 3.43. The Labute approximate surface area is 42.5 Å². The maximum Gasteiger partial charge on any atom is 0.198 e. The highest BCUT2D eigenvalue weighted by molar-refractivity contribution is 5.50. The molecule has 0 N–H and O–H groups in total. The minimum Gasteiger partial charge on any atom is -0.291 e. The molecule has 41 valence electrons. The normalized spacial score (nSPS) is 13.4. The maximum atomic E-state index is 11.4. The largest absolute Gasteiger partial charge is 0.291 e. The van der Waals surface area contributed by atoms with Gasteiger partial charge in [-0.2, -0.15) is 0 Å². The van der Waals surface area contributed by atoms with Crippen LogP contribution < -0.4 is 0 Å². The molecule has 0 bridgehead atoms. The number of halogens is 1. The van der Waals surface area contributed by atoms with Gasteiger partial charge in [0.2, 0.25) is 0 Å². The summed E-state index contributed by atoms with van der Waals surface area (Å²) >= 11 is 0. The molecule has 0 aliphatic carbocycles. The summed E-state index contributed by atoms with van der Waals surface area (Å²) in [5.74, 6) is -0.141. The van der Waals surface area contributed by atoms with Gasteiger partial charge in [-0.05, 0) is 5.92 Å². The molecule has 2 heteroatoms. The van der Waals surface area contributed by atoms with E-state index < -0.39 is 6.67 Å². The van der Waals surface area contributed by atoms with Crippen molar-refractivity contribution >= 4 is 6.29 Å². The molecule has 0 aromatic carbocycles. The van der Waals surface area contributed by atoms with Crippen molar-refractivity contribution in [1.82, 2.24) is 0 Å². The van der Waals surface area contributed by atoms with Crippen LogP contribution in [0.25, 0.3) is 0 Å². The quantitative estimate of drug-likeness (QED) is 0.522. The van der Waals surface area contributed by atoms with Crippen LogP contribution >= 0.6 is 0 Å². The van der Waals surface area contributed by atoms with Crippen LogP contribution in [-0.4, -0.2) is 13.0 Å². The molecule has 0 aromatic heterocycles. The Morgan fingerprint density at radius 2 is 2.43 bits per heavy atom. The van der Waals surface area contributed by atoms with Crippen LogP contribution in [0.2, 0.25) is 0 Å². The van der Waals surface area contributed by atoms with Crippen LogP contribution in [0.3, 0.4) is 0 Å². The van der Waals surface area contributed by atoms with Crippen molar-refractivity contribution in [2.75, 3.05) is 6.67 Å². The first-order valence-corrected chi connectivity index (χ1v) is 2.22. The lowest BCUT2D eigenvalue weighted by Gasteiger charge is -1.94. The van der Waals surface area contributed by atoms with Crippen molar-refractivity contribution < 1.29 is 9.18 Å². The molecule has 0 amide bonds. The highest BCUT2D eigenvalue weighted by atomic mass is 19.1. The molecule has 1 atom stereocenters. The van der Waals surface area contributed by atoms with E-state index in [9.17, 15) is 9.18 Å². The van der Waals surface area contributed by atoms with Crippen LogP contribution in [0.1, 0.15) is 13.3 Å². The number of hydrogen-bond donors (Lipinski definition) is 0. The topological polar surface area (TPSA) is 17.1 Å². The molecule has 0 heterocycles. The van der Waals surface area contributed by atoms with Crippen molar-refractivity contribution in [3.05, 3.63) is 0 Å². The predicted octanol–water partition coefficient (Wildman–Crippen LogP) is 1.09. The van der Waals surface area contributed by atoms with E-state index in [0.717, 1.165) is 0 Å². The molecule has 0 saturated heterocycles. The van der Waals surface area contributed by atoms with E-state index >= 15 is 0 Å². The van der Waals surface area contributed by atoms with Gasteiger partial charge in [0, 0.05) is 6.42 Å². The summed E-state index contributed by atoms with van der Waals surface area (Å²) in [6.45, 7) is 1.25. The molecule has 1 radical (unpaired) electrons. The average Bonchev–Trinajstić information content (AvgIpc) is 1.68. The lowest BCUT2D eigenvalue weighted by atomic mass is 10.1. The number of carbonyl (C=O) groups excluding carboxylic acids is 1. The maximum absolute atomic E-state index is 11.4. The molecule has 0 fully saturated rings. The second-order valence-corrected chi connectivity index (χ2v) is 1.61. The van der Waals surface area contributed by atoms with Gasteiger partial charge in [-0.25, -0.2) is 0 Å². The monoisotopic (exact) mass is 103 g/mol. The second-order valence-electron chi connectivity index (χ2n) is 1.61. The Hall–Kier alpha value is -0.400. The first-order valence-electron chi connectivity index (χ1n) is 2.22. The van der Waals surface area contributed by atoms with Gasteiger partial charge >= 0.3 is 0 Å². The number of rotatable bonds is 3. The molecule has 7 heavy (non-hydrogen) atoms. The van der Waals surface area contributed by atoms with Crippen molar-refractivity contribution in [2.45, 2.75) is 13.3 Å². The van der Waals surface area contributed by atoms with Crippen LogP contribution in [0, 0.1) is 5.92 Å². The van der Waals surface area contributed by atoms with Crippen LogP contribution in [0.15, 0.2) is 0 Å². The van der Waals surface area contributed by atoms with E-state index in [4.69, 9.17) is 0 Å². The second kappa shape index (κ2) is 3.78. The van der Waals surface area contributed by atoms with Gasteiger partial charge in [0.05, 0.1) is 6.67 Å². The Balaban J connectivity index is 2.98. The van der Waals surface area contributed by atoms with Crippen LogP contribution in [0.5, 0.6) is 0 Å². The van der Waals surface area contributed by atoms with Gasteiger partial charge in [0.1, 0.15) is 0 Å². The lowest BCUT2D eigenvalue weighted by Crippen LogP contribution is -1.95. The molecule has 0 aromatic rings. The fourth-order valence-electron chi connectivity index (χ4n) is 0.197. The fraction of sp³-hybridized carbons (Fsp3) is 0.800. The highest BCUT2D eigenvalue weighted by Crippen LogP contribution is 1.97. The molecule has 0 aliphatic rings. The third-order valence-electron chi connectivity index (χ3n) is 0.695. The molecule has 0 saturated carbocycles. The van der Waals surface area contributed by atoms with E-state index in [-0.39, 0.29) is 12.3 Å². The summed E-state index contributed by atoms with van der Waals surface area (Å²) in [6, 6.07) is 0. The molecule has 0 rings (SSSR count). The van der Waals surface area contributed by atoms with E-state index in [2.05, 4.69) is 0 Å². The van der Waals surface area contributed by atoms with E-state index in [1.807, 2.05) is 0 Å². The molecular weight excluding hydrogens is 95.1 g/mol. The first kappa shape index (κ1) is 6.60. The van der Waals surface area contributed by atoms with Crippen molar-refractivity contribution in [3.63, 3.8) is 0 Å². The zero-order valence-corrected chi connectivity index (χ0v) is 4.28. The van der Waals surface area contributed by atoms with Crippen molar-refractivity contribution in [1.29, 1.82) is 0 Å². The lowest BCUT2D eigenvalue weighted by molar-refractivity contribution is 0.385. The van der Waals surface area contributed by atoms with Crippen molar-refractivity contribution in [3.8, 4) is 0 Å². The van der Waals surface area contributed by atoms with Crippen molar-refractivity contribution in [2.24, 2.45) is 5.92 Å². The molecule has 0 aliphatic heterocycles. The van der Waals surface area contributed by atoms with Gasteiger partial charge in [0.15, 0.2) is 6.29 Å². The van der Waals surface area contributed by atoms with Gasteiger partial charge in [-0.15, -0.1) is 0 Å². The summed E-state index contributed by atoms with van der Waals surface area (Å²) in [6.07, 6.45) is 1.85. The highest BCUT2D eigenvalue weighted by Gasteiger charge is 1.97. The Morgan fingerprint density at radius 1 is 1.86 bits per heavy atom. The first-order chi connectivity index (χ1) is 3.31. The smallest absolute Gasteiger partial charge is 0.198 e. The number of alkyl halides is 1. The Kier molecular flexibility index (Phi) is 3.56. The van der Waals surface area contributed by atoms with E-state index in [0.29, 0.717) is 0 Å². The Bertz CT molecular complexity index is 54.0. The third-order valence-corrected chi connectivity index (χ3v) is 0.695. The summed E-state index contributed by atoms with van der Waals surface area (Å²) in [7, 11) is 0. The van der Waals surface area contributed by atoms with Crippen LogP contribution in [0.4, 0.5) is 4.39 Å². The predicted molar refractivity (Wildman–Crippen MR) is 25.4 cm³/mol. The van der Waals surface area contributed by atoms with Gasteiger partial charge < -0.3 is 0 Å². The van der Waals surface area contributed by atoms with E-state index in [1.54, 1.807) is 13.2 Å². The van der Waals surface area contributed by atoms with Gasteiger partial charge in [-0.1, -0.05) is 6.92 Å². The van der Waals surface area contributed by atoms with Gasteiger partial charge in [-0.3, -0.25) is 9.18 Å². The van der Waals surface area contributed by atoms with Crippen LogP contribution in [-0.2, 0) is 4.79 Å². The zero-order chi connectivity index (χ0) is 5.70. The molecular formula is C5H8FO. The Morgan fingerprint density at radius 3 is 2.57 bits per heavy atom.